The van der Waals surface area contributed by atoms with Crippen LogP contribution in [0.3, 0.4) is 0 Å². The van der Waals surface area contributed by atoms with Crippen LogP contribution >= 0.6 is 0 Å². The maximum Gasteiger partial charge on any atom is 0.130 e. The second-order valence-electron chi connectivity index (χ2n) is 4.11. The van der Waals surface area contributed by atoms with E-state index in [1.165, 1.54) is 11.1 Å². The molecule has 0 saturated carbocycles. The van der Waals surface area contributed by atoms with Gasteiger partial charge in [0.15, 0.2) is 0 Å². The van der Waals surface area contributed by atoms with Gasteiger partial charge in [-0.05, 0) is 47.0 Å². The fourth-order valence-corrected chi connectivity index (χ4v) is 1.21. The first kappa shape index (κ1) is 13.2. The maximum atomic E-state index is 10.7. The molecule has 0 atom stereocenters. The van der Waals surface area contributed by atoms with Crippen molar-refractivity contribution in [3.05, 3.63) is 23.3 Å². The summed E-state index contributed by atoms with van der Waals surface area (Å²) in [6.07, 6.45) is 8.24. The molecule has 0 unspecified atom stereocenters. The molecule has 0 aliphatic heterocycles. The van der Waals surface area contributed by atoms with Crippen molar-refractivity contribution in [1.29, 1.82) is 0 Å². The summed E-state index contributed by atoms with van der Waals surface area (Å²) in [5.74, 6) is 0.276. The smallest absolute Gasteiger partial charge is 0.130 e. The lowest BCUT2D eigenvalue weighted by atomic mass is 10.1. The molecule has 0 heterocycles. The summed E-state index contributed by atoms with van der Waals surface area (Å²) < 4.78 is 0. The molecule has 1 nitrogen and oxygen atoms in total. The lowest BCUT2D eigenvalue weighted by Gasteiger charge is -1.98. The highest BCUT2D eigenvalue weighted by molar-refractivity contribution is 5.75. The van der Waals surface area contributed by atoms with E-state index >= 15 is 0 Å². The van der Waals surface area contributed by atoms with Crippen LogP contribution < -0.4 is 0 Å². The number of carbonyl (C=O) groups excluding carboxylic acids is 1. The van der Waals surface area contributed by atoms with E-state index in [0.29, 0.717) is 6.42 Å². The minimum atomic E-state index is 0.276. The van der Waals surface area contributed by atoms with Gasteiger partial charge in [-0.15, -0.1) is 0 Å². The van der Waals surface area contributed by atoms with E-state index in [-0.39, 0.29) is 5.78 Å². The molecular formula is C13H22O. The number of hydrogen-bond donors (Lipinski definition) is 0. The molecule has 80 valence electrons. The molecule has 0 spiro atoms. The standard InChI is InChI=1S/C13H22O/c1-11(2)7-5-8-12(3)9-6-10-13(4)14/h7,9H,5-6,8,10H2,1-4H3/b12-9+/i10+1. The van der Waals surface area contributed by atoms with Crippen molar-refractivity contribution in [2.45, 2.75) is 53.4 Å². The molecule has 0 N–H and O–H groups in total. The number of carbonyl (C=O) groups is 1. The predicted octanol–water partition coefficient (Wildman–Crippen LogP) is 4.05. The minimum absolute atomic E-state index is 0.276. The average molecular weight is 195 g/mol. The molecule has 0 rings (SSSR count). The Kier molecular flexibility index (Phi) is 7.09. The quantitative estimate of drug-likeness (QED) is 0.461. The van der Waals surface area contributed by atoms with E-state index in [1.54, 1.807) is 6.92 Å². The summed E-state index contributed by atoms with van der Waals surface area (Å²) >= 11 is 0. The summed E-state index contributed by atoms with van der Waals surface area (Å²) in [5, 5.41) is 0. The molecule has 0 radical (unpaired) electrons. The van der Waals surface area contributed by atoms with Crippen LogP contribution in [0.5, 0.6) is 0 Å². The van der Waals surface area contributed by atoms with E-state index in [9.17, 15) is 4.79 Å². The zero-order valence-electron chi connectivity index (χ0n) is 9.89. The Morgan fingerprint density at radius 3 is 2.00 bits per heavy atom. The molecule has 0 aromatic rings. The highest BCUT2D eigenvalue weighted by Crippen LogP contribution is 2.08. The molecule has 0 amide bonds. The van der Waals surface area contributed by atoms with Gasteiger partial charge in [0.05, 0.1) is 0 Å². The monoisotopic (exact) mass is 195 g/mol. The summed E-state index contributed by atoms with van der Waals surface area (Å²) in [4.78, 5) is 10.7. The Balaban J connectivity index is 3.67. The van der Waals surface area contributed by atoms with Gasteiger partial charge in [0, 0.05) is 6.42 Å². The van der Waals surface area contributed by atoms with Crippen molar-refractivity contribution in [3.63, 3.8) is 0 Å². The van der Waals surface area contributed by atoms with Crippen molar-refractivity contribution in [3.8, 4) is 0 Å². The van der Waals surface area contributed by atoms with Gasteiger partial charge in [0.1, 0.15) is 5.78 Å². The fraction of sp³-hybridized carbons (Fsp3) is 0.615. The van der Waals surface area contributed by atoms with Crippen LogP contribution in [0.15, 0.2) is 23.3 Å². The SMILES string of the molecule is CC(=O)[13CH2]C/C=C(\C)CCC=C(C)C. The Bertz CT molecular complexity index is 230. The summed E-state index contributed by atoms with van der Waals surface area (Å²) in [7, 11) is 0. The molecule has 14 heavy (non-hydrogen) atoms. The predicted molar refractivity (Wildman–Crippen MR) is 62.3 cm³/mol. The minimum Gasteiger partial charge on any atom is -0.300 e. The normalized spacial score (nSPS) is 11.3. The van der Waals surface area contributed by atoms with Gasteiger partial charge in [-0.2, -0.15) is 0 Å². The average Bonchev–Trinajstić information content (AvgIpc) is 2.02. The summed E-state index contributed by atoms with van der Waals surface area (Å²) in [6.45, 7) is 8.02. The van der Waals surface area contributed by atoms with Gasteiger partial charge < -0.3 is 4.79 Å². The van der Waals surface area contributed by atoms with Gasteiger partial charge in [-0.25, -0.2) is 0 Å². The van der Waals surface area contributed by atoms with E-state index in [2.05, 4.69) is 32.9 Å². The number of hydrogen-bond acceptors (Lipinski definition) is 1. The second kappa shape index (κ2) is 7.54. The van der Waals surface area contributed by atoms with Crippen LogP contribution in [0.25, 0.3) is 0 Å². The van der Waals surface area contributed by atoms with Gasteiger partial charge in [0.2, 0.25) is 0 Å². The van der Waals surface area contributed by atoms with E-state index in [1.807, 2.05) is 0 Å². The molecule has 0 fully saturated rings. The maximum absolute atomic E-state index is 10.7. The van der Waals surface area contributed by atoms with Crippen LogP contribution in [0.1, 0.15) is 53.4 Å². The van der Waals surface area contributed by atoms with Gasteiger partial charge in [0.25, 0.3) is 0 Å². The van der Waals surface area contributed by atoms with Crippen LogP contribution in [-0.4, -0.2) is 5.78 Å². The lowest BCUT2D eigenvalue weighted by Crippen LogP contribution is -1.87. The molecule has 0 aliphatic carbocycles. The van der Waals surface area contributed by atoms with Crippen LogP contribution in [-0.2, 0) is 4.79 Å². The molecule has 0 aromatic carbocycles. The van der Waals surface area contributed by atoms with E-state index in [0.717, 1.165) is 19.3 Å². The Morgan fingerprint density at radius 1 is 0.929 bits per heavy atom. The Labute approximate surface area is 87.9 Å². The van der Waals surface area contributed by atoms with Crippen LogP contribution in [0, 0.1) is 0 Å². The van der Waals surface area contributed by atoms with Crippen molar-refractivity contribution in [2.24, 2.45) is 0 Å². The third kappa shape index (κ3) is 9.24. The highest BCUT2D eigenvalue weighted by atomic mass is 16.1. The largest absolute Gasteiger partial charge is 0.300 e. The number of ketones is 1. The third-order valence-corrected chi connectivity index (χ3v) is 2.08. The molecule has 0 bridgehead atoms. The molecular weight excluding hydrogens is 173 g/mol. The van der Waals surface area contributed by atoms with Gasteiger partial charge in [-0.3, -0.25) is 0 Å². The third-order valence-electron chi connectivity index (χ3n) is 2.08. The first-order valence-corrected chi connectivity index (χ1v) is 5.31. The summed E-state index contributed by atoms with van der Waals surface area (Å²) in [6, 6.07) is 0. The van der Waals surface area contributed by atoms with Crippen molar-refractivity contribution in [2.75, 3.05) is 0 Å². The van der Waals surface area contributed by atoms with Gasteiger partial charge in [-0.1, -0.05) is 23.3 Å². The number of Topliss-reactive ketones (excluding diaryl/α,β-unsaturated/α-hetero) is 1. The van der Waals surface area contributed by atoms with Crippen LogP contribution in [0.4, 0.5) is 0 Å². The molecule has 0 saturated heterocycles. The first-order chi connectivity index (χ1) is 6.52. The Morgan fingerprint density at radius 2 is 1.50 bits per heavy atom. The van der Waals surface area contributed by atoms with Crippen LogP contribution in [0.2, 0.25) is 0 Å². The summed E-state index contributed by atoms with van der Waals surface area (Å²) in [5.41, 5.74) is 2.77. The second-order valence-corrected chi connectivity index (χ2v) is 4.11. The van der Waals surface area contributed by atoms with Crippen molar-refractivity contribution < 1.29 is 4.79 Å². The Hall–Kier alpha value is -0.850. The number of rotatable bonds is 6. The zero-order valence-corrected chi connectivity index (χ0v) is 9.89. The van der Waals surface area contributed by atoms with Crippen molar-refractivity contribution in [1.82, 2.24) is 0 Å². The van der Waals surface area contributed by atoms with Crippen molar-refractivity contribution >= 4 is 5.78 Å². The zero-order chi connectivity index (χ0) is 11.0. The molecule has 1 heteroatoms. The first-order valence-electron chi connectivity index (χ1n) is 5.31. The fourth-order valence-electron chi connectivity index (χ4n) is 1.21. The van der Waals surface area contributed by atoms with Gasteiger partial charge >= 0.3 is 0 Å². The highest BCUT2D eigenvalue weighted by Gasteiger charge is 1.92. The topological polar surface area (TPSA) is 17.1 Å². The molecule has 0 aliphatic rings. The molecule has 0 aromatic heterocycles. The lowest BCUT2D eigenvalue weighted by molar-refractivity contribution is -0.116. The number of allylic oxidation sites excluding steroid dienone is 4. The van der Waals surface area contributed by atoms with E-state index in [4.69, 9.17) is 0 Å². The van der Waals surface area contributed by atoms with E-state index < -0.39 is 0 Å².